The minimum atomic E-state index is 0.385. The molecule has 0 aliphatic carbocycles. The van der Waals surface area contributed by atoms with Gasteiger partial charge < -0.3 is 0 Å². The van der Waals surface area contributed by atoms with Gasteiger partial charge in [0.25, 0.3) is 0 Å². The van der Waals surface area contributed by atoms with Crippen LogP contribution in [0.4, 0.5) is 0 Å². The number of hydrogen-bond donors (Lipinski definition) is 0. The lowest BCUT2D eigenvalue weighted by Gasteiger charge is -2.04. The molecule has 1 heterocycles. The quantitative estimate of drug-likeness (QED) is 0.798. The molecule has 0 saturated heterocycles. The van der Waals surface area contributed by atoms with Crippen LogP contribution in [0.3, 0.4) is 0 Å². The molecule has 0 aliphatic rings. The molecule has 1 aromatic heterocycles. The fourth-order valence-electron chi connectivity index (χ4n) is 1.31. The third-order valence-corrected chi connectivity index (χ3v) is 3.97. The van der Waals surface area contributed by atoms with Crippen molar-refractivity contribution in [3.05, 3.63) is 55.7 Å². The maximum absolute atomic E-state index is 5.79. The van der Waals surface area contributed by atoms with Crippen molar-refractivity contribution in [1.82, 2.24) is 10.2 Å². The number of halogens is 3. The molecule has 82 valence electrons. The smallest absolute Gasteiger partial charge is 0.154 e. The van der Waals surface area contributed by atoms with Gasteiger partial charge in [-0.15, -0.1) is 5.10 Å². The van der Waals surface area contributed by atoms with Gasteiger partial charge in [-0.3, -0.25) is 0 Å². The van der Waals surface area contributed by atoms with Gasteiger partial charge in [0.15, 0.2) is 5.15 Å². The summed E-state index contributed by atoms with van der Waals surface area (Å²) in [5, 5.41) is 8.29. The second kappa shape index (κ2) is 5.25. The van der Waals surface area contributed by atoms with Crippen LogP contribution in [-0.2, 0) is 6.42 Å². The Morgan fingerprint density at radius 3 is 2.50 bits per heavy atom. The average molecular weight is 362 g/mol. The van der Waals surface area contributed by atoms with Crippen molar-refractivity contribution in [3.8, 4) is 0 Å². The summed E-state index contributed by atoms with van der Waals surface area (Å²) < 4.78 is 1.84. The highest BCUT2D eigenvalue weighted by atomic mass is 79.9. The predicted octanol–water partition coefficient (Wildman–Crippen LogP) is 4.25. The van der Waals surface area contributed by atoms with Crippen molar-refractivity contribution >= 4 is 43.5 Å². The number of aromatic nitrogens is 2. The third-order valence-electron chi connectivity index (χ3n) is 2.09. The van der Waals surface area contributed by atoms with Crippen LogP contribution < -0.4 is 0 Å². The van der Waals surface area contributed by atoms with E-state index >= 15 is 0 Å². The Morgan fingerprint density at radius 1 is 1.06 bits per heavy atom. The van der Waals surface area contributed by atoms with E-state index in [9.17, 15) is 0 Å². The third kappa shape index (κ3) is 2.81. The van der Waals surface area contributed by atoms with Gasteiger partial charge >= 0.3 is 0 Å². The minimum absolute atomic E-state index is 0.385. The molecule has 0 unspecified atom stereocenters. The van der Waals surface area contributed by atoms with E-state index in [1.54, 1.807) is 0 Å². The molecule has 0 bridgehead atoms. The Morgan fingerprint density at radius 2 is 1.81 bits per heavy atom. The highest BCUT2D eigenvalue weighted by molar-refractivity contribution is 9.10. The lowest BCUT2D eigenvalue weighted by molar-refractivity contribution is 0.929. The first-order valence-electron chi connectivity index (χ1n) is 4.58. The molecule has 16 heavy (non-hydrogen) atoms. The van der Waals surface area contributed by atoms with Crippen molar-refractivity contribution in [2.45, 2.75) is 6.42 Å². The zero-order chi connectivity index (χ0) is 11.5. The summed E-state index contributed by atoms with van der Waals surface area (Å²) in [7, 11) is 0. The maximum atomic E-state index is 5.79. The van der Waals surface area contributed by atoms with Crippen LogP contribution in [0.15, 0.2) is 39.3 Å². The second-order valence-corrected chi connectivity index (χ2v) is 5.31. The Kier molecular flexibility index (Phi) is 3.95. The normalized spacial score (nSPS) is 10.4. The van der Waals surface area contributed by atoms with Crippen LogP contribution in [0.5, 0.6) is 0 Å². The van der Waals surface area contributed by atoms with Crippen LogP contribution in [0.1, 0.15) is 11.3 Å². The molecule has 0 N–H and O–H groups in total. The molecule has 0 amide bonds. The van der Waals surface area contributed by atoms with E-state index in [0.717, 1.165) is 21.1 Å². The standard InChI is InChI=1S/C11H7Br2ClN2/c12-9-4-2-1-3-7(9)5-8-6-10(13)11(14)16-15-8/h1-4,6H,5H2. The molecular formula is C11H7Br2ClN2. The molecule has 2 nitrogen and oxygen atoms in total. The summed E-state index contributed by atoms with van der Waals surface area (Å²) in [5.41, 5.74) is 2.05. The van der Waals surface area contributed by atoms with Crippen molar-refractivity contribution in [2.75, 3.05) is 0 Å². The molecular weight excluding hydrogens is 355 g/mol. The Bertz CT molecular complexity index is 517. The number of nitrogens with zero attached hydrogens (tertiary/aromatic N) is 2. The van der Waals surface area contributed by atoms with E-state index in [4.69, 9.17) is 11.6 Å². The molecule has 0 fully saturated rings. The van der Waals surface area contributed by atoms with E-state index in [2.05, 4.69) is 42.1 Å². The Hall–Kier alpha value is -0.450. The van der Waals surface area contributed by atoms with E-state index in [1.165, 1.54) is 5.56 Å². The monoisotopic (exact) mass is 360 g/mol. The lowest BCUT2D eigenvalue weighted by Crippen LogP contribution is -1.96. The van der Waals surface area contributed by atoms with Crippen molar-refractivity contribution < 1.29 is 0 Å². The van der Waals surface area contributed by atoms with E-state index < -0.39 is 0 Å². The van der Waals surface area contributed by atoms with Gasteiger partial charge in [-0.25, -0.2) is 0 Å². The van der Waals surface area contributed by atoms with E-state index in [0.29, 0.717) is 5.15 Å². The first-order valence-corrected chi connectivity index (χ1v) is 6.54. The second-order valence-electron chi connectivity index (χ2n) is 3.24. The highest BCUT2D eigenvalue weighted by Crippen LogP contribution is 2.22. The van der Waals surface area contributed by atoms with Crippen LogP contribution in [0.2, 0.25) is 5.15 Å². The van der Waals surface area contributed by atoms with E-state index in [1.807, 2.05) is 30.3 Å². The van der Waals surface area contributed by atoms with Crippen LogP contribution >= 0.6 is 43.5 Å². The summed E-state index contributed by atoms with van der Waals surface area (Å²) in [6, 6.07) is 9.92. The van der Waals surface area contributed by atoms with Gasteiger partial charge in [-0.1, -0.05) is 45.7 Å². The van der Waals surface area contributed by atoms with Gasteiger partial charge in [0.2, 0.25) is 0 Å². The minimum Gasteiger partial charge on any atom is -0.154 e. The molecule has 0 radical (unpaired) electrons. The van der Waals surface area contributed by atoms with Crippen molar-refractivity contribution in [1.29, 1.82) is 0 Å². The molecule has 2 aromatic rings. The fraction of sp³-hybridized carbons (Fsp3) is 0.0909. The van der Waals surface area contributed by atoms with Gasteiger partial charge in [0.1, 0.15) is 0 Å². The molecule has 0 saturated carbocycles. The van der Waals surface area contributed by atoms with E-state index in [-0.39, 0.29) is 0 Å². The van der Waals surface area contributed by atoms with Crippen LogP contribution in [0, 0.1) is 0 Å². The first-order chi connectivity index (χ1) is 7.66. The zero-order valence-corrected chi connectivity index (χ0v) is 12.1. The van der Waals surface area contributed by atoms with Crippen molar-refractivity contribution in [2.24, 2.45) is 0 Å². The topological polar surface area (TPSA) is 25.8 Å². The van der Waals surface area contributed by atoms with Crippen LogP contribution in [0.25, 0.3) is 0 Å². The zero-order valence-electron chi connectivity index (χ0n) is 8.12. The lowest BCUT2D eigenvalue weighted by atomic mass is 10.1. The summed E-state index contributed by atoms with van der Waals surface area (Å²) in [4.78, 5) is 0. The number of benzene rings is 1. The average Bonchev–Trinajstić information content (AvgIpc) is 2.27. The SMILES string of the molecule is Clc1nnc(Cc2ccccc2Br)cc1Br. The molecule has 0 atom stereocenters. The van der Waals surface area contributed by atoms with Crippen molar-refractivity contribution in [3.63, 3.8) is 0 Å². The van der Waals surface area contributed by atoms with Gasteiger partial charge in [-0.05, 0) is 33.6 Å². The summed E-state index contributed by atoms with van der Waals surface area (Å²) in [6.07, 6.45) is 0.726. The molecule has 5 heteroatoms. The Labute approximate surface area is 115 Å². The number of rotatable bonds is 2. The van der Waals surface area contributed by atoms with Crippen LogP contribution in [-0.4, -0.2) is 10.2 Å². The Balaban J connectivity index is 2.28. The summed E-state index contributed by atoms with van der Waals surface area (Å²) in [5.74, 6) is 0. The van der Waals surface area contributed by atoms with Gasteiger partial charge in [-0.2, -0.15) is 5.10 Å². The highest BCUT2D eigenvalue weighted by Gasteiger charge is 2.05. The predicted molar refractivity (Wildman–Crippen MR) is 71.7 cm³/mol. The van der Waals surface area contributed by atoms with Gasteiger partial charge in [0, 0.05) is 10.9 Å². The largest absolute Gasteiger partial charge is 0.165 e. The summed E-state index contributed by atoms with van der Waals surface area (Å²) >= 11 is 12.6. The fourth-order valence-corrected chi connectivity index (χ4v) is 2.17. The molecule has 2 rings (SSSR count). The molecule has 0 spiro atoms. The molecule has 1 aromatic carbocycles. The van der Waals surface area contributed by atoms with Gasteiger partial charge in [0.05, 0.1) is 10.2 Å². The molecule has 0 aliphatic heterocycles. The number of hydrogen-bond acceptors (Lipinski definition) is 2. The maximum Gasteiger partial charge on any atom is 0.165 e. The summed E-state index contributed by atoms with van der Waals surface area (Å²) in [6.45, 7) is 0. The first kappa shape index (κ1) is 12.0.